The average molecular weight is 617 g/mol. The van der Waals surface area contributed by atoms with Gasteiger partial charge in [0.15, 0.2) is 0 Å². The summed E-state index contributed by atoms with van der Waals surface area (Å²) in [6.45, 7) is 0.869. The first kappa shape index (κ1) is 35.8. The molecule has 238 valence electrons. The van der Waals surface area contributed by atoms with Crippen molar-refractivity contribution in [1.29, 1.82) is 5.41 Å². The number of piperidine rings is 1. The molecule has 0 aromatic heterocycles. The Morgan fingerprint density at radius 1 is 1.02 bits per heavy atom. The highest BCUT2D eigenvalue weighted by molar-refractivity contribution is 5.87. The van der Waals surface area contributed by atoms with Gasteiger partial charge in [0.1, 0.15) is 0 Å². The first-order valence-electron chi connectivity index (χ1n) is 13.5. The number of hydrogen-bond acceptors (Lipinski definition) is 7. The minimum absolute atomic E-state index is 0.0185. The lowest BCUT2D eigenvalue weighted by Gasteiger charge is -2.39. The number of aliphatic hydroxyl groups is 2. The third-order valence-electron chi connectivity index (χ3n) is 7.12. The number of nitrogens with one attached hydrogen (secondary N) is 1. The first-order chi connectivity index (χ1) is 20.2. The largest absolute Gasteiger partial charge is 0.416 e. The summed E-state index contributed by atoms with van der Waals surface area (Å²) in [6, 6.07) is 10.7. The predicted molar refractivity (Wildman–Crippen MR) is 152 cm³/mol. The van der Waals surface area contributed by atoms with Crippen LogP contribution in [0, 0.1) is 11.3 Å². The summed E-state index contributed by atoms with van der Waals surface area (Å²) in [5.41, 5.74) is 8.71. The van der Waals surface area contributed by atoms with E-state index in [4.69, 9.17) is 26.7 Å². The van der Waals surface area contributed by atoms with E-state index >= 15 is 0 Å². The molecule has 3 rings (SSSR count). The molecule has 0 bridgehead atoms. The Hall–Kier alpha value is -3.39. The van der Waals surface area contributed by atoms with E-state index in [-0.39, 0.29) is 23.9 Å². The van der Waals surface area contributed by atoms with Gasteiger partial charge in [0.05, 0.1) is 29.9 Å². The summed E-state index contributed by atoms with van der Waals surface area (Å²) < 4.78 is 84.3. The van der Waals surface area contributed by atoms with Gasteiger partial charge < -0.3 is 36.7 Å². The van der Waals surface area contributed by atoms with Crippen LogP contribution in [0.2, 0.25) is 0 Å². The standard InChI is InChI=1S/C29H34F6N4O2.CH4O/c30-28(31,32)22-15-20(16-23(17-22)29(33,34)35)18-41-19-26(38)24(25(37)7-4-11-36)8-12-39-13-9-27(40,10-14-39)21-5-2-1-3-6-21;1-2/h1-7,11,15-17,24,38,40H,8-10,12-14,18-19,36-37H2;2H,1H3/b11-4-,25-7-,38-26?;. The quantitative estimate of drug-likeness (QED) is 0.135. The first-order valence-corrected chi connectivity index (χ1v) is 13.5. The lowest BCUT2D eigenvalue weighted by molar-refractivity contribution is -0.143. The summed E-state index contributed by atoms with van der Waals surface area (Å²) in [5, 5.41) is 26.6. The number of benzene rings is 2. The zero-order chi connectivity index (χ0) is 32.3. The van der Waals surface area contributed by atoms with Crippen LogP contribution in [0.3, 0.4) is 0 Å². The number of ether oxygens (including phenoxy) is 1. The number of rotatable bonds is 11. The molecule has 2 aromatic carbocycles. The molecule has 1 unspecified atom stereocenters. The number of halogens is 6. The molecule has 0 aliphatic carbocycles. The molecule has 13 heteroatoms. The fraction of sp³-hybridized carbons (Fsp3) is 0.433. The number of nitrogens with two attached hydrogens (primary N) is 2. The lowest BCUT2D eigenvalue weighted by atomic mass is 9.84. The van der Waals surface area contributed by atoms with Crippen LogP contribution in [0.4, 0.5) is 26.3 Å². The van der Waals surface area contributed by atoms with Crippen molar-refractivity contribution in [1.82, 2.24) is 4.90 Å². The Morgan fingerprint density at radius 2 is 1.58 bits per heavy atom. The topological polar surface area (TPSA) is 129 Å². The monoisotopic (exact) mass is 616 g/mol. The van der Waals surface area contributed by atoms with Crippen LogP contribution in [-0.2, 0) is 29.3 Å². The molecule has 0 amide bonds. The summed E-state index contributed by atoms with van der Waals surface area (Å²) in [5.74, 6) is -0.603. The Bertz CT molecular complexity index is 1190. The van der Waals surface area contributed by atoms with E-state index in [9.17, 15) is 31.4 Å². The van der Waals surface area contributed by atoms with E-state index in [2.05, 4.69) is 4.90 Å². The minimum atomic E-state index is -4.96. The third-order valence-corrected chi connectivity index (χ3v) is 7.12. The van der Waals surface area contributed by atoms with Gasteiger partial charge in [0.2, 0.25) is 0 Å². The van der Waals surface area contributed by atoms with Gasteiger partial charge >= 0.3 is 12.4 Å². The SMILES string of the molecule is CO.N=C(COCc1cc(C(F)(F)F)cc(C(F)(F)F)c1)C(CCN1CCC(O)(c2ccccc2)CC1)/C(N)=C/C=C\N. The smallest absolute Gasteiger partial charge is 0.405 e. The van der Waals surface area contributed by atoms with Crippen molar-refractivity contribution in [3.63, 3.8) is 0 Å². The average Bonchev–Trinajstić information content (AvgIpc) is 2.97. The molecule has 1 heterocycles. The maximum atomic E-state index is 13.2. The molecule has 0 spiro atoms. The van der Waals surface area contributed by atoms with Crippen molar-refractivity contribution in [3.8, 4) is 0 Å². The van der Waals surface area contributed by atoms with Crippen LogP contribution >= 0.6 is 0 Å². The van der Waals surface area contributed by atoms with Crippen LogP contribution in [-0.4, -0.2) is 54.2 Å². The van der Waals surface area contributed by atoms with Crippen molar-refractivity contribution in [2.75, 3.05) is 33.4 Å². The van der Waals surface area contributed by atoms with Gasteiger partial charge in [-0.05, 0) is 73.5 Å². The van der Waals surface area contributed by atoms with Crippen LogP contribution in [0.5, 0.6) is 0 Å². The minimum Gasteiger partial charge on any atom is -0.405 e. The van der Waals surface area contributed by atoms with Gasteiger partial charge in [-0.15, -0.1) is 0 Å². The molecule has 1 atom stereocenters. The zero-order valence-corrected chi connectivity index (χ0v) is 23.8. The van der Waals surface area contributed by atoms with Crippen molar-refractivity contribution >= 4 is 5.71 Å². The summed E-state index contributed by atoms with van der Waals surface area (Å²) in [6.07, 6.45) is -4.16. The molecule has 1 aliphatic rings. The molecule has 43 heavy (non-hydrogen) atoms. The highest BCUT2D eigenvalue weighted by atomic mass is 19.4. The number of hydrogen-bond donors (Lipinski definition) is 5. The van der Waals surface area contributed by atoms with Gasteiger partial charge in [0.25, 0.3) is 0 Å². The van der Waals surface area contributed by atoms with Crippen LogP contribution in [0.15, 0.2) is 72.6 Å². The molecular formula is C30H38F6N4O3. The highest BCUT2D eigenvalue weighted by Crippen LogP contribution is 2.37. The second-order valence-electron chi connectivity index (χ2n) is 10.1. The fourth-order valence-corrected chi connectivity index (χ4v) is 4.80. The summed E-state index contributed by atoms with van der Waals surface area (Å²) in [4.78, 5) is 2.14. The summed E-state index contributed by atoms with van der Waals surface area (Å²) in [7, 11) is 1.00. The van der Waals surface area contributed by atoms with Crippen LogP contribution in [0.1, 0.15) is 41.5 Å². The van der Waals surface area contributed by atoms with E-state index in [1.165, 1.54) is 18.4 Å². The fourth-order valence-electron chi connectivity index (χ4n) is 4.80. The maximum Gasteiger partial charge on any atom is 0.416 e. The molecule has 1 saturated heterocycles. The number of nitrogens with zero attached hydrogens (tertiary/aromatic N) is 1. The Kier molecular flexibility index (Phi) is 13.2. The Morgan fingerprint density at radius 3 is 2.09 bits per heavy atom. The highest BCUT2D eigenvalue weighted by Gasteiger charge is 2.37. The molecule has 1 aliphatic heterocycles. The molecule has 2 aromatic rings. The molecular weight excluding hydrogens is 578 g/mol. The maximum absolute atomic E-state index is 13.2. The molecule has 7 nitrogen and oxygen atoms in total. The van der Waals surface area contributed by atoms with Crippen LogP contribution < -0.4 is 11.5 Å². The summed E-state index contributed by atoms with van der Waals surface area (Å²) >= 11 is 0. The van der Waals surface area contributed by atoms with E-state index in [0.29, 0.717) is 56.7 Å². The van der Waals surface area contributed by atoms with Crippen LogP contribution in [0.25, 0.3) is 0 Å². The van der Waals surface area contributed by atoms with Crippen molar-refractivity contribution in [2.24, 2.45) is 17.4 Å². The number of alkyl halides is 6. The molecule has 7 N–H and O–H groups in total. The van der Waals surface area contributed by atoms with Crippen molar-refractivity contribution in [2.45, 2.75) is 43.8 Å². The molecule has 1 fully saturated rings. The van der Waals surface area contributed by atoms with E-state index < -0.39 is 41.6 Å². The zero-order valence-electron chi connectivity index (χ0n) is 23.8. The molecule has 0 radical (unpaired) electrons. The normalized spacial score (nSPS) is 16.9. The Balaban J connectivity index is 0.00000316. The third kappa shape index (κ3) is 10.7. The second kappa shape index (κ2) is 15.9. The van der Waals surface area contributed by atoms with Gasteiger partial charge in [-0.1, -0.05) is 30.3 Å². The van der Waals surface area contributed by atoms with Gasteiger partial charge in [-0.25, -0.2) is 0 Å². The number of allylic oxidation sites excluding steroid dienone is 3. The van der Waals surface area contributed by atoms with E-state index in [0.717, 1.165) is 12.7 Å². The Labute approximate surface area is 246 Å². The van der Waals surface area contributed by atoms with Gasteiger partial charge in [0, 0.05) is 37.5 Å². The van der Waals surface area contributed by atoms with Crippen molar-refractivity contribution < 1.29 is 41.3 Å². The predicted octanol–water partition coefficient (Wildman–Crippen LogP) is 5.17. The van der Waals surface area contributed by atoms with Gasteiger partial charge in [-0.3, -0.25) is 0 Å². The number of aliphatic hydroxyl groups excluding tert-OH is 1. The lowest BCUT2D eigenvalue weighted by Crippen LogP contribution is -2.43. The van der Waals surface area contributed by atoms with Gasteiger partial charge in [-0.2, -0.15) is 26.3 Å². The number of likely N-dealkylation sites (tertiary alicyclic amines) is 1. The van der Waals surface area contributed by atoms with Crippen molar-refractivity contribution in [3.05, 3.63) is 94.8 Å². The second-order valence-corrected chi connectivity index (χ2v) is 10.1. The van der Waals surface area contributed by atoms with E-state index in [1.807, 2.05) is 30.3 Å². The van der Waals surface area contributed by atoms with E-state index in [1.54, 1.807) is 0 Å². The molecule has 0 saturated carbocycles.